The Morgan fingerprint density at radius 3 is 2.68 bits per heavy atom. The third-order valence-corrected chi connectivity index (χ3v) is 3.58. The van der Waals surface area contributed by atoms with Gasteiger partial charge in [-0.15, -0.1) is 0 Å². The average Bonchev–Trinajstić information content (AvgIpc) is 2.73. The number of aryl methyl sites for hydroxylation is 1. The summed E-state index contributed by atoms with van der Waals surface area (Å²) in [6.45, 7) is 7.76. The molecular weight excluding hydrogens is 238 g/mol. The van der Waals surface area contributed by atoms with Crippen molar-refractivity contribution in [2.24, 2.45) is 5.73 Å². The van der Waals surface area contributed by atoms with Crippen molar-refractivity contribution in [2.45, 2.75) is 45.9 Å². The number of rotatable bonds is 5. The van der Waals surface area contributed by atoms with Crippen LogP contribution in [-0.2, 0) is 24.2 Å². The van der Waals surface area contributed by atoms with Gasteiger partial charge in [0.1, 0.15) is 5.82 Å². The second-order valence-electron chi connectivity index (χ2n) is 5.44. The molecule has 4 nitrogen and oxygen atoms in total. The van der Waals surface area contributed by atoms with Crippen LogP contribution in [-0.4, -0.2) is 22.3 Å². The molecule has 0 bridgehead atoms. The van der Waals surface area contributed by atoms with E-state index in [1.807, 2.05) is 0 Å². The van der Waals surface area contributed by atoms with E-state index < -0.39 is 0 Å². The number of hydrogen-bond donors (Lipinski definition) is 1. The van der Waals surface area contributed by atoms with Gasteiger partial charge in [-0.05, 0) is 38.5 Å². The highest BCUT2D eigenvalue weighted by Gasteiger charge is 2.21. The second kappa shape index (κ2) is 5.31. The number of nitrogens with zero attached hydrogens (tertiary/aromatic N) is 2. The van der Waals surface area contributed by atoms with Gasteiger partial charge in [0.25, 0.3) is 0 Å². The number of hydrogen-bond acceptors (Lipinski definition) is 3. The van der Waals surface area contributed by atoms with E-state index in [1.54, 1.807) is 7.11 Å². The zero-order chi connectivity index (χ0) is 14.0. The Morgan fingerprint density at radius 1 is 1.37 bits per heavy atom. The second-order valence-corrected chi connectivity index (χ2v) is 5.44. The fourth-order valence-electron chi connectivity index (χ4n) is 2.29. The molecule has 0 spiro atoms. The number of fused-ring (bicyclic) bond motifs is 1. The first-order chi connectivity index (χ1) is 9.00. The SMILES string of the molecule is CCn1c(CC(C)(C)OC)nc2cc(CN)ccc21. The molecule has 0 amide bonds. The highest BCUT2D eigenvalue weighted by atomic mass is 16.5. The molecule has 0 fully saturated rings. The van der Waals surface area contributed by atoms with Crippen LogP contribution in [0.25, 0.3) is 11.0 Å². The molecule has 0 aliphatic carbocycles. The molecule has 1 heterocycles. The van der Waals surface area contributed by atoms with Gasteiger partial charge in [0.2, 0.25) is 0 Å². The summed E-state index contributed by atoms with van der Waals surface area (Å²) < 4.78 is 7.76. The number of nitrogens with two attached hydrogens (primary N) is 1. The molecule has 0 saturated heterocycles. The third-order valence-electron chi connectivity index (χ3n) is 3.58. The van der Waals surface area contributed by atoms with Gasteiger partial charge in [-0.3, -0.25) is 0 Å². The Labute approximate surface area is 114 Å². The normalized spacial score (nSPS) is 12.3. The van der Waals surface area contributed by atoms with Gasteiger partial charge in [0.15, 0.2) is 0 Å². The fourth-order valence-corrected chi connectivity index (χ4v) is 2.29. The molecule has 2 rings (SSSR count). The quantitative estimate of drug-likeness (QED) is 0.899. The van der Waals surface area contributed by atoms with Crippen LogP contribution >= 0.6 is 0 Å². The summed E-state index contributed by atoms with van der Waals surface area (Å²) >= 11 is 0. The summed E-state index contributed by atoms with van der Waals surface area (Å²) in [7, 11) is 1.74. The maximum Gasteiger partial charge on any atom is 0.112 e. The van der Waals surface area contributed by atoms with Crippen LogP contribution in [0.3, 0.4) is 0 Å². The molecule has 0 aliphatic heterocycles. The maximum absolute atomic E-state index is 5.69. The van der Waals surface area contributed by atoms with Crippen molar-refractivity contribution in [3.05, 3.63) is 29.6 Å². The number of imidazole rings is 1. The van der Waals surface area contributed by atoms with Crippen molar-refractivity contribution in [1.82, 2.24) is 9.55 Å². The summed E-state index contributed by atoms with van der Waals surface area (Å²) in [5, 5.41) is 0. The molecule has 0 unspecified atom stereocenters. The smallest absolute Gasteiger partial charge is 0.112 e. The Hall–Kier alpha value is -1.39. The lowest BCUT2D eigenvalue weighted by atomic mass is 10.1. The molecule has 2 N–H and O–H groups in total. The molecule has 1 aromatic carbocycles. The van der Waals surface area contributed by atoms with Crippen molar-refractivity contribution < 1.29 is 4.74 Å². The summed E-state index contributed by atoms with van der Waals surface area (Å²) in [4.78, 5) is 4.75. The van der Waals surface area contributed by atoms with Gasteiger partial charge in [-0.25, -0.2) is 4.98 Å². The molecule has 0 saturated carbocycles. The van der Waals surface area contributed by atoms with Gasteiger partial charge >= 0.3 is 0 Å². The summed E-state index contributed by atoms with van der Waals surface area (Å²) in [5.41, 5.74) is 8.79. The van der Waals surface area contributed by atoms with E-state index in [4.69, 9.17) is 15.5 Å². The predicted molar refractivity (Wildman–Crippen MR) is 78.1 cm³/mol. The van der Waals surface area contributed by atoms with Gasteiger partial charge in [0, 0.05) is 26.6 Å². The minimum absolute atomic E-state index is 0.203. The summed E-state index contributed by atoms with van der Waals surface area (Å²) in [6, 6.07) is 6.25. The van der Waals surface area contributed by atoms with E-state index >= 15 is 0 Å². The molecule has 1 aromatic heterocycles. The van der Waals surface area contributed by atoms with E-state index in [-0.39, 0.29) is 5.60 Å². The Kier molecular flexibility index (Phi) is 3.92. The van der Waals surface area contributed by atoms with Crippen LogP contribution in [0.2, 0.25) is 0 Å². The first-order valence-electron chi connectivity index (χ1n) is 6.74. The van der Waals surface area contributed by atoms with Crippen LogP contribution in [0, 0.1) is 0 Å². The fraction of sp³-hybridized carbons (Fsp3) is 0.533. The molecule has 0 aliphatic rings. The van der Waals surface area contributed by atoms with Crippen LogP contribution < -0.4 is 5.73 Å². The maximum atomic E-state index is 5.69. The molecule has 19 heavy (non-hydrogen) atoms. The van der Waals surface area contributed by atoms with E-state index in [0.717, 1.165) is 29.9 Å². The van der Waals surface area contributed by atoms with Crippen LogP contribution in [0.4, 0.5) is 0 Å². The van der Waals surface area contributed by atoms with Gasteiger partial charge in [-0.1, -0.05) is 6.07 Å². The van der Waals surface area contributed by atoms with Crippen molar-refractivity contribution >= 4 is 11.0 Å². The Bertz CT molecular complexity index is 572. The topological polar surface area (TPSA) is 53.1 Å². The largest absolute Gasteiger partial charge is 0.378 e. The van der Waals surface area contributed by atoms with Crippen LogP contribution in [0.1, 0.15) is 32.2 Å². The number of methoxy groups -OCH3 is 1. The molecule has 104 valence electrons. The van der Waals surface area contributed by atoms with Crippen LogP contribution in [0.15, 0.2) is 18.2 Å². The molecule has 0 atom stereocenters. The zero-order valence-corrected chi connectivity index (χ0v) is 12.2. The summed E-state index contributed by atoms with van der Waals surface area (Å²) in [5.74, 6) is 1.07. The molecule has 0 radical (unpaired) electrons. The number of ether oxygens (including phenoxy) is 1. The van der Waals surface area contributed by atoms with E-state index in [1.165, 1.54) is 5.52 Å². The lowest BCUT2D eigenvalue weighted by Gasteiger charge is -2.22. The number of aromatic nitrogens is 2. The van der Waals surface area contributed by atoms with Gasteiger partial charge in [-0.2, -0.15) is 0 Å². The molecular formula is C15H23N3O. The third kappa shape index (κ3) is 2.80. The van der Waals surface area contributed by atoms with Crippen molar-refractivity contribution in [1.29, 1.82) is 0 Å². The predicted octanol–water partition coefficient (Wildman–Crippen LogP) is 2.48. The van der Waals surface area contributed by atoms with Crippen molar-refractivity contribution in [3.63, 3.8) is 0 Å². The van der Waals surface area contributed by atoms with E-state index in [9.17, 15) is 0 Å². The van der Waals surface area contributed by atoms with Gasteiger partial charge in [0.05, 0.1) is 16.6 Å². The standard InChI is InChI=1S/C15H23N3O/c1-5-18-13-7-6-11(10-16)8-12(13)17-14(18)9-15(2,3)19-4/h6-8H,5,9-10,16H2,1-4H3. The highest BCUT2D eigenvalue weighted by molar-refractivity contribution is 5.77. The van der Waals surface area contributed by atoms with Crippen molar-refractivity contribution in [2.75, 3.05) is 7.11 Å². The minimum Gasteiger partial charge on any atom is -0.378 e. The Balaban J connectivity index is 2.49. The highest BCUT2D eigenvalue weighted by Crippen LogP contribution is 2.22. The van der Waals surface area contributed by atoms with Crippen molar-refractivity contribution in [3.8, 4) is 0 Å². The van der Waals surface area contributed by atoms with Crippen LogP contribution in [0.5, 0.6) is 0 Å². The zero-order valence-electron chi connectivity index (χ0n) is 12.2. The monoisotopic (exact) mass is 261 g/mol. The number of benzene rings is 1. The lowest BCUT2D eigenvalue weighted by Crippen LogP contribution is -2.27. The van der Waals surface area contributed by atoms with Gasteiger partial charge < -0.3 is 15.0 Å². The van der Waals surface area contributed by atoms with E-state index in [0.29, 0.717) is 6.54 Å². The molecule has 2 aromatic rings. The lowest BCUT2D eigenvalue weighted by molar-refractivity contribution is 0.0210. The van der Waals surface area contributed by atoms with E-state index in [2.05, 4.69) is 43.5 Å². The first kappa shape index (κ1) is 14.0. The average molecular weight is 261 g/mol. The Morgan fingerprint density at radius 2 is 2.11 bits per heavy atom. The summed E-state index contributed by atoms with van der Waals surface area (Å²) in [6.07, 6.45) is 0.796. The minimum atomic E-state index is -0.203. The first-order valence-corrected chi connectivity index (χ1v) is 6.74. The molecule has 4 heteroatoms.